The molecule has 10 nitrogen and oxygen atoms in total. The Labute approximate surface area is 166 Å². The van der Waals surface area contributed by atoms with Crippen LogP contribution in [0, 0.1) is 0 Å². The van der Waals surface area contributed by atoms with Crippen molar-refractivity contribution in [2.45, 2.75) is 51.7 Å². The van der Waals surface area contributed by atoms with E-state index in [1.807, 2.05) is 0 Å². The van der Waals surface area contributed by atoms with E-state index in [1.54, 1.807) is 27.9 Å². The molecule has 0 aromatic rings. The van der Waals surface area contributed by atoms with Gasteiger partial charge in [0.15, 0.2) is 0 Å². The van der Waals surface area contributed by atoms with Gasteiger partial charge in [-0.3, -0.25) is 4.79 Å². The molecule has 0 bridgehead atoms. The maximum atomic E-state index is 11.7. The maximum Gasteiger partial charge on any atom is 0.408 e. The molecule has 2 amide bonds. The van der Waals surface area contributed by atoms with Crippen LogP contribution in [-0.2, 0) is 28.5 Å². The summed E-state index contributed by atoms with van der Waals surface area (Å²) in [7, 11) is 1.59. The molecule has 0 saturated heterocycles. The number of rotatable bonds is 15. The molecule has 0 aliphatic heterocycles. The molecule has 0 aromatic carbocycles. The molecule has 10 heteroatoms. The number of carbonyl (C=O) groups excluding carboxylic acids is 2. The number of ether oxygens (including phenoxy) is 4. The van der Waals surface area contributed by atoms with Gasteiger partial charge >= 0.3 is 12.1 Å². The number of alkyl carbamates (subject to hydrolysis) is 1. The number of nitrogens with one attached hydrogen (secondary N) is 2. The summed E-state index contributed by atoms with van der Waals surface area (Å²) in [6.07, 6.45) is 0.559. The summed E-state index contributed by atoms with van der Waals surface area (Å²) < 4.78 is 20.2. The molecule has 0 radical (unpaired) electrons. The topological polar surface area (TPSA) is 132 Å². The average molecular weight is 406 g/mol. The molecule has 3 N–H and O–H groups in total. The number of aliphatic carboxylic acids is 1. The van der Waals surface area contributed by atoms with E-state index in [-0.39, 0.29) is 18.9 Å². The highest BCUT2D eigenvalue weighted by Gasteiger charge is 2.23. The van der Waals surface area contributed by atoms with Crippen LogP contribution in [0.5, 0.6) is 0 Å². The Kier molecular flexibility index (Phi) is 14.0. The molecule has 0 fully saturated rings. The first kappa shape index (κ1) is 26.1. The molecule has 1 atom stereocenters. The van der Waals surface area contributed by atoms with Gasteiger partial charge in [0.1, 0.15) is 18.2 Å². The molecule has 0 saturated carbocycles. The van der Waals surface area contributed by atoms with Gasteiger partial charge < -0.3 is 34.7 Å². The number of carboxylic acid groups (broad SMARTS) is 1. The van der Waals surface area contributed by atoms with Crippen molar-refractivity contribution in [1.82, 2.24) is 10.6 Å². The first-order valence-corrected chi connectivity index (χ1v) is 9.29. The number of methoxy groups -OCH3 is 1. The average Bonchev–Trinajstić information content (AvgIpc) is 2.57. The lowest BCUT2D eigenvalue weighted by Gasteiger charge is -2.22. The lowest BCUT2D eigenvalue weighted by Crippen LogP contribution is -2.43. The van der Waals surface area contributed by atoms with Gasteiger partial charge in [0.2, 0.25) is 5.91 Å². The van der Waals surface area contributed by atoms with Crippen LogP contribution in [0.25, 0.3) is 0 Å². The van der Waals surface area contributed by atoms with Crippen LogP contribution in [0.2, 0.25) is 0 Å². The summed E-state index contributed by atoms with van der Waals surface area (Å²) in [5.41, 5.74) is -0.699. The van der Waals surface area contributed by atoms with Crippen LogP contribution < -0.4 is 10.6 Å². The molecule has 0 spiro atoms. The van der Waals surface area contributed by atoms with Crippen molar-refractivity contribution in [3.8, 4) is 0 Å². The van der Waals surface area contributed by atoms with E-state index in [0.717, 1.165) is 0 Å². The Bertz CT molecular complexity index is 465. The molecule has 0 aliphatic carbocycles. The zero-order valence-electron chi connectivity index (χ0n) is 17.2. The highest BCUT2D eigenvalue weighted by Crippen LogP contribution is 2.08. The summed E-state index contributed by atoms with van der Waals surface area (Å²) in [5, 5.41) is 14.2. The Morgan fingerprint density at radius 3 is 2.25 bits per heavy atom. The van der Waals surface area contributed by atoms with Crippen LogP contribution in [0.3, 0.4) is 0 Å². The molecule has 0 aromatic heterocycles. The van der Waals surface area contributed by atoms with Crippen molar-refractivity contribution in [2.24, 2.45) is 0 Å². The van der Waals surface area contributed by atoms with Crippen molar-refractivity contribution >= 4 is 18.0 Å². The van der Waals surface area contributed by atoms with Crippen LogP contribution in [0.1, 0.15) is 40.0 Å². The highest BCUT2D eigenvalue weighted by molar-refractivity contribution is 5.80. The van der Waals surface area contributed by atoms with E-state index in [2.05, 4.69) is 10.6 Å². The van der Waals surface area contributed by atoms with Crippen LogP contribution in [0.15, 0.2) is 0 Å². The third-order valence-corrected chi connectivity index (χ3v) is 3.27. The third-order valence-electron chi connectivity index (χ3n) is 3.27. The standard InChI is InChI=1S/C18H34N2O8/c1-18(2,3)28-17(24)20-14(16(22)23)7-5-6-8-19-15(21)13-27-12-11-26-10-9-25-4/h14H,5-13H2,1-4H3,(H,19,21)(H,20,24)(H,22,23). The van der Waals surface area contributed by atoms with Gasteiger partial charge in [-0.15, -0.1) is 0 Å². The Morgan fingerprint density at radius 1 is 1.00 bits per heavy atom. The molecule has 0 aliphatic rings. The second-order valence-corrected chi connectivity index (χ2v) is 7.04. The second-order valence-electron chi connectivity index (χ2n) is 7.04. The number of hydrogen-bond acceptors (Lipinski definition) is 7. The van der Waals surface area contributed by atoms with Crippen molar-refractivity contribution in [3.63, 3.8) is 0 Å². The summed E-state index contributed by atoms with van der Waals surface area (Å²) in [6.45, 7) is 7.11. The molecular weight excluding hydrogens is 372 g/mol. The van der Waals surface area contributed by atoms with Crippen molar-refractivity contribution in [2.75, 3.05) is 46.7 Å². The molecular formula is C18H34N2O8. The number of carbonyl (C=O) groups is 3. The number of hydrogen-bond donors (Lipinski definition) is 3. The summed E-state index contributed by atoms with van der Waals surface area (Å²) in [4.78, 5) is 34.5. The van der Waals surface area contributed by atoms with E-state index in [4.69, 9.17) is 18.9 Å². The molecule has 164 valence electrons. The third kappa shape index (κ3) is 16.3. The number of unbranched alkanes of at least 4 members (excludes halogenated alkanes) is 1. The lowest BCUT2D eigenvalue weighted by atomic mass is 10.1. The van der Waals surface area contributed by atoms with Crippen LogP contribution in [0.4, 0.5) is 4.79 Å². The molecule has 0 heterocycles. The largest absolute Gasteiger partial charge is 0.480 e. The van der Waals surface area contributed by atoms with E-state index in [9.17, 15) is 19.5 Å². The fourth-order valence-electron chi connectivity index (χ4n) is 1.99. The minimum Gasteiger partial charge on any atom is -0.480 e. The summed E-state index contributed by atoms with van der Waals surface area (Å²) >= 11 is 0. The van der Waals surface area contributed by atoms with E-state index >= 15 is 0 Å². The van der Waals surface area contributed by atoms with E-state index in [0.29, 0.717) is 45.8 Å². The van der Waals surface area contributed by atoms with Gasteiger partial charge in [-0.05, 0) is 40.0 Å². The summed E-state index contributed by atoms with van der Waals surface area (Å²) in [5.74, 6) is -1.38. The van der Waals surface area contributed by atoms with Gasteiger partial charge in [-0.1, -0.05) is 0 Å². The van der Waals surface area contributed by atoms with Crippen molar-refractivity contribution in [1.29, 1.82) is 0 Å². The molecule has 28 heavy (non-hydrogen) atoms. The smallest absolute Gasteiger partial charge is 0.408 e. The first-order valence-electron chi connectivity index (χ1n) is 9.29. The van der Waals surface area contributed by atoms with Gasteiger partial charge in [0, 0.05) is 13.7 Å². The Hall–Kier alpha value is -1.91. The van der Waals surface area contributed by atoms with Crippen molar-refractivity contribution < 1.29 is 38.4 Å². The first-order chi connectivity index (χ1) is 13.2. The maximum absolute atomic E-state index is 11.7. The van der Waals surface area contributed by atoms with Gasteiger partial charge in [0.25, 0.3) is 0 Å². The predicted molar refractivity (Wildman–Crippen MR) is 101 cm³/mol. The quantitative estimate of drug-likeness (QED) is 0.342. The molecule has 1 unspecified atom stereocenters. The predicted octanol–water partition coefficient (Wildman–Crippen LogP) is 0.930. The SMILES string of the molecule is COCCOCCOCC(=O)NCCCCC(NC(=O)OC(C)(C)C)C(=O)O. The number of amides is 2. The zero-order chi connectivity index (χ0) is 21.4. The normalized spacial score (nSPS) is 12.3. The monoisotopic (exact) mass is 406 g/mol. The van der Waals surface area contributed by atoms with E-state index in [1.165, 1.54) is 0 Å². The fraction of sp³-hybridized carbons (Fsp3) is 0.833. The van der Waals surface area contributed by atoms with E-state index < -0.39 is 23.7 Å². The van der Waals surface area contributed by atoms with Gasteiger partial charge in [0.05, 0.1) is 26.4 Å². The Morgan fingerprint density at radius 2 is 1.64 bits per heavy atom. The lowest BCUT2D eigenvalue weighted by molar-refractivity contribution is -0.139. The summed E-state index contributed by atoms with van der Waals surface area (Å²) in [6, 6.07) is -1.04. The van der Waals surface area contributed by atoms with Gasteiger partial charge in [-0.25, -0.2) is 9.59 Å². The fourth-order valence-corrected chi connectivity index (χ4v) is 1.99. The zero-order valence-corrected chi connectivity index (χ0v) is 17.2. The number of carboxylic acids is 1. The van der Waals surface area contributed by atoms with Crippen LogP contribution >= 0.6 is 0 Å². The van der Waals surface area contributed by atoms with Crippen LogP contribution in [-0.4, -0.2) is 81.4 Å². The van der Waals surface area contributed by atoms with Crippen molar-refractivity contribution in [3.05, 3.63) is 0 Å². The van der Waals surface area contributed by atoms with Gasteiger partial charge in [-0.2, -0.15) is 0 Å². The molecule has 0 rings (SSSR count). The minimum absolute atomic E-state index is 0.0639. The second kappa shape index (κ2) is 15.1. The Balaban J connectivity index is 3.80. The minimum atomic E-state index is -1.13. The highest BCUT2D eigenvalue weighted by atomic mass is 16.6.